The van der Waals surface area contributed by atoms with E-state index in [9.17, 15) is 66.6 Å². The third kappa shape index (κ3) is 8.50. The zero-order valence-corrected chi connectivity index (χ0v) is 32.0. The number of azo groups is 2. The molecule has 0 bridgehead atoms. The summed E-state index contributed by atoms with van der Waals surface area (Å²) in [6.45, 7) is 2.79. The summed E-state index contributed by atoms with van der Waals surface area (Å²) in [6, 6.07) is 12.7. The van der Waals surface area contributed by atoms with Crippen LogP contribution in [0.2, 0.25) is 0 Å². The lowest BCUT2D eigenvalue weighted by atomic mass is 10.1. The molecule has 0 saturated carbocycles. The number of hydrogen-bond acceptors (Lipinski definition) is 18. The van der Waals surface area contributed by atoms with E-state index in [2.05, 4.69) is 30.7 Å². The van der Waals surface area contributed by atoms with Crippen molar-refractivity contribution in [2.45, 2.75) is 23.6 Å². The van der Waals surface area contributed by atoms with Gasteiger partial charge in [0.2, 0.25) is 11.8 Å². The smallest absolute Gasteiger partial charge is 0.295 e. The van der Waals surface area contributed by atoms with Crippen molar-refractivity contribution < 1.29 is 56.2 Å². The lowest BCUT2D eigenvalue weighted by Gasteiger charge is -2.10. The van der Waals surface area contributed by atoms with E-state index < -0.39 is 74.5 Å². The monoisotopic (exact) mass is 862 g/mol. The second-order valence-corrected chi connectivity index (χ2v) is 15.1. The molecule has 6 rings (SSSR count). The molecular weight excluding hydrogens is 837 g/mol. The van der Waals surface area contributed by atoms with Crippen LogP contribution in [0.1, 0.15) is 22.5 Å². The van der Waals surface area contributed by atoms with E-state index in [-0.39, 0.29) is 56.6 Å². The number of non-ortho nitro benzene ring substituents is 2. The van der Waals surface area contributed by atoms with Crippen LogP contribution in [0.15, 0.2) is 103 Å². The van der Waals surface area contributed by atoms with E-state index in [1.54, 1.807) is 0 Å². The molecule has 60 heavy (non-hydrogen) atoms. The van der Waals surface area contributed by atoms with Crippen molar-refractivity contribution in [3.63, 3.8) is 0 Å². The average Bonchev–Trinajstić information content (AvgIpc) is 3.63. The Balaban J connectivity index is 1.33. The fourth-order valence-electron chi connectivity index (χ4n) is 5.44. The van der Waals surface area contributed by atoms with Crippen molar-refractivity contribution >= 4 is 66.5 Å². The largest absolute Gasteiger partial charge is 0.506 e. The SMILES string of the molecule is Cc1nn(-c2ccc(/C=C/c3ccc(-n4nc(C)c(N=Nc5cc([N+](=O)[O-])ccc5O)c4O)cc3S(=O)(=O)O)c(S(=O)(=O)O)c2)c(O)c1N=Nc1cc([N+](=O)[O-])ccc1O. The second kappa shape index (κ2) is 15.8. The van der Waals surface area contributed by atoms with Gasteiger partial charge in [-0.05, 0) is 61.4 Å². The lowest BCUT2D eigenvalue weighted by Crippen LogP contribution is -2.05. The van der Waals surface area contributed by atoms with Crippen molar-refractivity contribution in [2.24, 2.45) is 20.5 Å². The molecular formula is C34H26N10O14S2. The van der Waals surface area contributed by atoms with E-state index in [0.717, 1.165) is 70.0 Å². The molecule has 6 N–H and O–H groups in total. The Kier molecular flexibility index (Phi) is 11.0. The van der Waals surface area contributed by atoms with E-state index in [0.29, 0.717) is 0 Å². The number of hydrogen-bond donors (Lipinski definition) is 6. The number of nitro groups is 2. The van der Waals surface area contributed by atoms with Gasteiger partial charge in [-0.2, -0.15) is 36.4 Å². The second-order valence-electron chi connectivity index (χ2n) is 12.3. The van der Waals surface area contributed by atoms with Crippen LogP contribution in [-0.2, 0) is 20.2 Å². The van der Waals surface area contributed by atoms with Crippen LogP contribution in [0.25, 0.3) is 23.5 Å². The van der Waals surface area contributed by atoms with Gasteiger partial charge < -0.3 is 20.4 Å². The standard InChI is InChI=1S/C34H26N10O14S2/c1-17-31(37-35-25-13-23(43(49)50)9-11-27(25)45)33(47)41(39-17)21-7-5-19(29(15-21)59(53,54)55)3-4-20-6-8-22(16-30(20)60(56,57)58)42-34(48)32(18(2)40-42)38-36-26-14-24(44(51)52)10-12-28(26)46/h3-16,45-48H,1-2H3,(H,53,54,55)(H,56,57,58)/b4-3+,37-35?,38-36?. The van der Waals surface area contributed by atoms with Gasteiger partial charge in [0.25, 0.3) is 31.6 Å². The topological polar surface area (TPSA) is 361 Å². The van der Waals surface area contributed by atoms with Crippen molar-refractivity contribution in [3.8, 4) is 34.6 Å². The van der Waals surface area contributed by atoms with E-state index in [1.807, 2.05) is 0 Å². The molecule has 26 heteroatoms. The van der Waals surface area contributed by atoms with Gasteiger partial charge >= 0.3 is 0 Å². The minimum absolute atomic E-state index is 0.0414. The molecule has 0 radical (unpaired) electrons. The highest BCUT2D eigenvalue weighted by molar-refractivity contribution is 7.86. The molecule has 0 atom stereocenters. The highest BCUT2D eigenvalue weighted by Gasteiger charge is 2.23. The number of aromatic nitrogens is 4. The molecule has 0 aliphatic rings. The Labute approximate surface area is 335 Å². The van der Waals surface area contributed by atoms with Gasteiger partial charge in [0, 0.05) is 24.3 Å². The number of rotatable bonds is 12. The number of aryl methyl sites for hydroxylation is 2. The summed E-state index contributed by atoms with van der Waals surface area (Å²) < 4.78 is 72.1. The molecule has 6 aromatic rings. The van der Waals surface area contributed by atoms with Crippen LogP contribution in [-0.4, -0.2) is 75.8 Å². The van der Waals surface area contributed by atoms with Gasteiger partial charge in [0.15, 0.2) is 11.4 Å². The molecule has 0 amide bonds. The molecule has 0 unspecified atom stereocenters. The molecule has 4 aromatic carbocycles. The molecule has 2 heterocycles. The zero-order chi connectivity index (χ0) is 43.8. The number of nitrogens with zero attached hydrogens (tertiary/aromatic N) is 10. The Morgan fingerprint density at radius 3 is 1.28 bits per heavy atom. The van der Waals surface area contributed by atoms with Gasteiger partial charge in [0.05, 0.1) is 32.6 Å². The molecule has 0 aliphatic carbocycles. The predicted molar refractivity (Wildman–Crippen MR) is 206 cm³/mol. The Morgan fingerprint density at radius 1 is 0.583 bits per heavy atom. The molecule has 308 valence electrons. The van der Waals surface area contributed by atoms with E-state index in [1.165, 1.54) is 38.1 Å². The van der Waals surface area contributed by atoms with Crippen LogP contribution in [0.3, 0.4) is 0 Å². The Morgan fingerprint density at radius 2 is 0.950 bits per heavy atom. The van der Waals surface area contributed by atoms with E-state index in [4.69, 9.17) is 0 Å². The fourth-order valence-corrected chi connectivity index (χ4v) is 6.85. The van der Waals surface area contributed by atoms with Crippen LogP contribution < -0.4 is 0 Å². The summed E-state index contributed by atoms with van der Waals surface area (Å²) in [5.74, 6) is -2.28. The van der Waals surface area contributed by atoms with Gasteiger partial charge in [-0.3, -0.25) is 29.3 Å². The normalized spacial score (nSPS) is 12.3. The summed E-state index contributed by atoms with van der Waals surface area (Å²) >= 11 is 0. The van der Waals surface area contributed by atoms with E-state index >= 15 is 0 Å². The summed E-state index contributed by atoms with van der Waals surface area (Å²) in [7, 11) is -10.1. The first kappa shape index (κ1) is 41.7. The highest BCUT2D eigenvalue weighted by Crippen LogP contribution is 2.39. The van der Waals surface area contributed by atoms with Crippen molar-refractivity contribution in [1.29, 1.82) is 0 Å². The van der Waals surface area contributed by atoms with Crippen LogP contribution in [0, 0.1) is 34.1 Å². The van der Waals surface area contributed by atoms with Crippen molar-refractivity contribution in [2.75, 3.05) is 0 Å². The highest BCUT2D eigenvalue weighted by atomic mass is 32.2. The average molecular weight is 863 g/mol. The van der Waals surface area contributed by atoms with Crippen molar-refractivity contribution in [3.05, 3.63) is 116 Å². The minimum atomic E-state index is -5.03. The Hall–Kier alpha value is -7.94. The number of aromatic hydroxyl groups is 4. The number of phenolic OH excluding ortho intramolecular Hbond substituents is 2. The first-order valence-corrected chi connectivity index (χ1v) is 19.3. The molecule has 0 fully saturated rings. The summed E-state index contributed by atoms with van der Waals surface area (Å²) in [4.78, 5) is 19.3. The molecule has 24 nitrogen and oxygen atoms in total. The maximum absolute atomic E-state index is 12.5. The maximum atomic E-state index is 12.5. The van der Waals surface area contributed by atoms with Gasteiger partial charge in [-0.15, -0.1) is 20.5 Å². The molecule has 2 aromatic heterocycles. The molecule has 0 spiro atoms. The third-order valence-electron chi connectivity index (χ3n) is 8.35. The number of phenols is 2. The van der Waals surface area contributed by atoms with Gasteiger partial charge in [-0.1, -0.05) is 24.3 Å². The summed E-state index contributed by atoms with van der Waals surface area (Å²) in [5, 5.41) is 87.6. The minimum Gasteiger partial charge on any atom is -0.506 e. The van der Waals surface area contributed by atoms with Crippen LogP contribution in [0.5, 0.6) is 23.3 Å². The van der Waals surface area contributed by atoms with Gasteiger partial charge in [0.1, 0.15) is 32.7 Å². The van der Waals surface area contributed by atoms with Crippen LogP contribution in [0.4, 0.5) is 34.1 Å². The molecule has 0 saturated heterocycles. The fraction of sp³-hybridized carbons (Fsp3) is 0.0588. The van der Waals surface area contributed by atoms with Gasteiger partial charge in [-0.25, -0.2) is 0 Å². The molecule has 0 aliphatic heterocycles. The van der Waals surface area contributed by atoms with Crippen molar-refractivity contribution in [1.82, 2.24) is 19.6 Å². The quantitative estimate of drug-likeness (QED) is 0.0242. The number of benzene rings is 4. The zero-order valence-electron chi connectivity index (χ0n) is 30.3. The first-order valence-electron chi connectivity index (χ1n) is 16.4. The van der Waals surface area contributed by atoms with Crippen LogP contribution >= 0.6 is 0 Å². The summed E-state index contributed by atoms with van der Waals surface area (Å²) in [5.41, 5.74) is -2.53. The maximum Gasteiger partial charge on any atom is 0.295 e. The lowest BCUT2D eigenvalue weighted by molar-refractivity contribution is -0.385. The number of nitro benzene ring substituents is 2. The Bertz CT molecular complexity index is 2880. The third-order valence-corrected chi connectivity index (χ3v) is 10.2. The first-order chi connectivity index (χ1) is 28.1. The predicted octanol–water partition coefficient (Wildman–Crippen LogP) is 6.81. The summed E-state index contributed by atoms with van der Waals surface area (Å²) in [6.07, 6.45) is 2.18.